The molecule has 1 unspecified atom stereocenters. The van der Waals surface area contributed by atoms with Crippen LogP contribution in [-0.4, -0.2) is 49.7 Å². The van der Waals surface area contributed by atoms with Crippen LogP contribution in [0.15, 0.2) is 4.99 Å². The molecule has 130 valence electrons. The van der Waals surface area contributed by atoms with Crippen molar-refractivity contribution in [2.45, 2.75) is 84.2 Å². The molecule has 0 aliphatic heterocycles. The van der Waals surface area contributed by atoms with Gasteiger partial charge in [-0.05, 0) is 32.6 Å². The normalized spacial score (nSPS) is 18.3. The molecule has 4 heteroatoms. The van der Waals surface area contributed by atoms with E-state index in [2.05, 4.69) is 31.0 Å². The lowest BCUT2D eigenvalue weighted by atomic mass is 9.96. The van der Waals surface area contributed by atoms with E-state index in [4.69, 9.17) is 9.73 Å². The van der Waals surface area contributed by atoms with E-state index in [1.807, 2.05) is 0 Å². The van der Waals surface area contributed by atoms with E-state index in [-0.39, 0.29) is 0 Å². The van der Waals surface area contributed by atoms with Gasteiger partial charge in [-0.2, -0.15) is 0 Å². The van der Waals surface area contributed by atoms with Crippen molar-refractivity contribution in [1.29, 1.82) is 0 Å². The van der Waals surface area contributed by atoms with Gasteiger partial charge in [0.15, 0.2) is 5.96 Å². The van der Waals surface area contributed by atoms with Crippen LogP contribution in [0.25, 0.3) is 0 Å². The third-order valence-corrected chi connectivity index (χ3v) is 4.59. The molecule has 1 fully saturated rings. The number of hydrogen-bond acceptors (Lipinski definition) is 2. The topological polar surface area (TPSA) is 36.9 Å². The first-order valence-electron chi connectivity index (χ1n) is 9.33. The van der Waals surface area contributed by atoms with Crippen LogP contribution >= 0.6 is 0 Å². The van der Waals surface area contributed by atoms with Gasteiger partial charge in [0.25, 0.3) is 0 Å². The smallest absolute Gasteiger partial charge is 0.194 e. The van der Waals surface area contributed by atoms with Crippen molar-refractivity contribution in [3.8, 4) is 0 Å². The zero-order chi connectivity index (χ0) is 16.2. The molecule has 0 bridgehead atoms. The highest BCUT2D eigenvalue weighted by Crippen LogP contribution is 2.20. The Bertz CT molecular complexity index is 301. The fourth-order valence-corrected chi connectivity index (χ4v) is 3.12. The Kier molecular flexibility index (Phi) is 10.3. The molecule has 1 atom stereocenters. The first-order valence-corrected chi connectivity index (χ1v) is 9.33. The number of aliphatic imine (C=N–C) groups is 1. The number of hydrogen-bond donors (Lipinski definition) is 1. The molecule has 1 N–H and O–H groups in total. The van der Waals surface area contributed by atoms with Gasteiger partial charge < -0.3 is 15.0 Å². The van der Waals surface area contributed by atoms with E-state index >= 15 is 0 Å². The van der Waals surface area contributed by atoms with E-state index in [9.17, 15) is 0 Å². The monoisotopic (exact) mass is 311 g/mol. The zero-order valence-electron chi connectivity index (χ0n) is 15.2. The van der Waals surface area contributed by atoms with Crippen molar-refractivity contribution in [3.63, 3.8) is 0 Å². The summed E-state index contributed by atoms with van der Waals surface area (Å²) in [4.78, 5) is 7.45. The van der Waals surface area contributed by atoms with Crippen LogP contribution in [-0.2, 0) is 4.74 Å². The number of guanidine groups is 1. The standard InChI is InChI=1S/C18H37N3O/c1-5-11-16(6-2)19-18(21(7-3)14-15-22-4)20-17-12-9-8-10-13-17/h16-17H,5-15H2,1-4H3,(H,19,20). The first-order chi connectivity index (χ1) is 10.7. The molecule has 1 aliphatic carbocycles. The highest BCUT2D eigenvalue weighted by molar-refractivity contribution is 5.80. The summed E-state index contributed by atoms with van der Waals surface area (Å²) in [5.74, 6) is 1.10. The van der Waals surface area contributed by atoms with E-state index in [1.54, 1.807) is 7.11 Å². The fraction of sp³-hybridized carbons (Fsp3) is 0.944. The summed E-state index contributed by atoms with van der Waals surface area (Å²) in [6, 6.07) is 1.04. The minimum absolute atomic E-state index is 0.506. The average molecular weight is 312 g/mol. The van der Waals surface area contributed by atoms with Crippen molar-refractivity contribution < 1.29 is 4.74 Å². The first kappa shape index (κ1) is 19.3. The van der Waals surface area contributed by atoms with Gasteiger partial charge in [0.05, 0.1) is 12.6 Å². The molecular weight excluding hydrogens is 274 g/mol. The van der Waals surface area contributed by atoms with E-state index < -0.39 is 0 Å². The lowest BCUT2D eigenvalue weighted by molar-refractivity contribution is 0.175. The van der Waals surface area contributed by atoms with Crippen molar-refractivity contribution in [2.75, 3.05) is 26.8 Å². The van der Waals surface area contributed by atoms with Gasteiger partial charge in [0, 0.05) is 26.2 Å². The Morgan fingerprint density at radius 3 is 2.50 bits per heavy atom. The Morgan fingerprint density at radius 1 is 1.23 bits per heavy atom. The fourth-order valence-electron chi connectivity index (χ4n) is 3.12. The molecule has 1 saturated carbocycles. The Labute approximate surface area is 137 Å². The Morgan fingerprint density at radius 2 is 1.95 bits per heavy atom. The van der Waals surface area contributed by atoms with Crippen LogP contribution in [0, 0.1) is 0 Å². The minimum atomic E-state index is 0.506. The Hall–Kier alpha value is -0.770. The molecule has 4 nitrogen and oxygen atoms in total. The van der Waals surface area contributed by atoms with Gasteiger partial charge in [0.1, 0.15) is 0 Å². The second kappa shape index (κ2) is 11.8. The lowest BCUT2D eigenvalue weighted by Crippen LogP contribution is -2.47. The van der Waals surface area contributed by atoms with Gasteiger partial charge in [0.2, 0.25) is 0 Å². The molecule has 0 aromatic carbocycles. The van der Waals surface area contributed by atoms with E-state index in [0.717, 1.165) is 32.1 Å². The summed E-state index contributed by atoms with van der Waals surface area (Å²) in [7, 11) is 1.77. The van der Waals surface area contributed by atoms with Crippen LogP contribution in [0.5, 0.6) is 0 Å². The maximum atomic E-state index is 5.27. The third kappa shape index (κ3) is 6.99. The van der Waals surface area contributed by atoms with Gasteiger partial charge >= 0.3 is 0 Å². The van der Waals surface area contributed by atoms with E-state index in [1.165, 1.54) is 44.9 Å². The Balaban J connectivity index is 2.78. The van der Waals surface area contributed by atoms with Crippen molar-refractivity contribution in [1.82, 2.24) is 10.2 Å². The van der Waals surface area contributed by atoms with Gasteiger partial charge in [-0.25, -0.2) is 4.99 Å². The SMILES string of the molecule is CCCC(CC)NC(=NC1CCCCC1)N(CC)CCOC. The number of ether oxygens (including phenoxy) is 1. The molecule has 22 heavy (non-hydrogen) atoms. The summed E-state index contributed by atoms with van der Waals surface area (Å²) in [5.41, 5.74) is 0. The molecule has 0 aromatic heterocycles. The molecular formula is C18H37N3O. The van der Waals surface area contributed by atoms with Crippen LogP contribution in [0.1, 0.15) is 72.1 Å². The molecule has 0 spiro atoms. The van der Waals surface area contributed by atoms with Crippen LogP contribution in [0.4, 0.5) is 0 Å². The van der Waals surface area contributed by atoms with Crippen LogP contribution in [0.3, 0.4) is 0 Å². The number of methoxy groups -OCH3 is 1. The molecule has 0 heterocycles. The predicted molar refractivity (Wildman–Crippen MR) is 95.6 cm³/mol. The number of likely N-dealkylation sites (N-methyl/N-ethyl adjacent to an activating group) is 1. The molecule has 0 radical (unpaired) electrons. The van der Waals surface area contributed by atoms with Crippen LogP contribution in [0.2, 0.25) is 0 Å². The quantitative estimate of drug-likeness (QED) is 0.519. The average Bonchev–Trinajstić information content (AvgIpc) is 2.55. The van der Waals surface area contributed by atoms with Gasteiger partial charge in [-0.1, -0.05) is 39.5 Å². The molecule has 1 rings (SSSR count). The predicted octanol–water partition coefficient (Wildman–Crippen LogP) is 3.81. The molecule has 0 aromatic rings. The minimum Gasteiger partial charge on any atom is -0.383 e. The molecule has 0 saturated heterocycles. The molecule has 0 amide bonds. The second-order valence-electron chi connectivity index (χ2n) is 6.36. The lowest BCUT2D eigenvalue weighted by Gasteiger charge is -2.30. The van der Waals surface area contributed by atoms with Gasteiger partial charge in [-0.15, -0.1) is 0 Å². The summed E-state index contributed by atoms with van der Waals surface area (Å²) in [6.45, 7) is 9.36. The van der Waals surface area contributed by atoms with E-state index in [0.29, 0.717) is 12.1 Å². The molecule has 1 aliphatic rings. The number of nitrogens with zero attached hydrogens (tertiary/aromatic N) is 2. The maximum absolute atomic E-state index is 5.27. The van der Waals surface area contributed by atoms with Gasteiger partial charge in [-0.3, -0.25) is 0 Å². The zero-order valence-corrected chi connectivity index (χ0v) is 15.2. The number of rotatable bonds is 9. The highest BCUT2D eigenvalue weighted by atomic mass is 16.5. The number of nitrogens with one attached hydrogen (secondary N) is 1. The summed E-state index contributed by atoms with van der Waals surface area (Å²) in [6.07, 6.45) is 10.1. The van der Waals surface area contributed by atoms with Crippen molar-refractivity contribution in [2.24, 2.45) is 4.99 Å². The largest absolute Gasteiger partial charge is 0.383 e. The third-order valence-electron chi connectivity index (χ3n) is 4.59. The summed E-state index contributed by atoms with van der Waals surface area (Å²) in [5, 5.41) is 3.73. The maximum Gasteiger partial charge on any atom is 0.194 e. The summed E-state index contributed by atoms with van der Waals surface area (Å²) >= 11 is 0. The second-order valence-corrected chi connectivity index (χ2v) is 6.36. The van der Waals surface area contributed by atoms with Crippen molar-refractivity contribution >= 4 is 5.96 Å². The van der Waals surface area contributed by atoms with Crippen molar-refractivity contribution in [3.05, 3.63) is 0 Å². The summed E-state index contributed by atoms with van der Waals surface area (Å²) < 4.78 is 5.27. The van der Waals surface area contributed by atoms with Crippen LogP contribution < -0.4 is 5.32 Å². The highest BCUT2D eigenvalue weighted by Gasteiger charge is 2.18.